The smallest absolute Gasteiger partial charge is 0.324 e. The molecule has 0 radical (unpaired) electrons. The van der Waals surface area contributed by atoms with Crippen LogP contribution in [0.4, 0.5) is 13.2 Å². The van der Waals surface area contributed by atoms with E-state index >= 15 is 0 Å². The monoisotopic (exact) mass is 223 g/mol. The average Bonchev–Trinajstić information content (AvgIpc) is 2.01. The summed E-state index contributed by atoms with van der Waals surface area (Å²) in [6, 6.07) is 3.22. The van der Waals surface area contributed by atoms with E-state index in [-0.39, 0.29) is 5.02 Å². The molecule has 1 aromatic carbocycles. The highest BCUT2D eigenvalue weighted by molar-refractivity contribution is 6.32. The molecule has 0 amide bonds. The highest BCUT2D eigenvalue weighted by Gasteiger charge is 2.33. The third-order valence-corrected chi connectivity index (χ3v) is 2.25. The van der Waals surface area contributed by atoms with Gasteiger partial charge in [0, 0.05) is 6.04 Å². The zero-order chi connectivity index (χ0) is 10.9. The molecule has 78 valence electrons. The predicted octanol–water partition coefficient (Wildman–Crippen LogP) is 3.38. The van der Waals surface area contributed by atoms with Gasteiger partial charge < -0.3 is 5.73 Å². The summed E-state index contributed by atoms with van der Waals surface area (Å²) in [7, 11) is 0. The van der Waals surface area contributed by atoms with Gasteiger partial charge >= 0.3 is 6.18 Å². The normalized spacial score (nSPS) is 14.1. The van der Waals surface area contributed by atoms with Crippen LogP contribution in [0.25, 0.3) is 0 Å². The highest BCUT2D eigenvalue weighted by atomic mass is 35.5. The van der Waals surface area contributed by atoms with E-state index in [0.29, 0.717) is 5.56 Å². The molecule has 0 bridgehead atoms. The molecule has 0 aromatic heterocycles. The molecule has 0 saturated carbocycles. The van der Waals surface area contributed by atoms with Crippen molar-refractivity contribution in [3.8, 4) is 0 Å². The lowest BCUT2D eigenvalue weighted by molar-refractivity contribution is -0.137. The molecule has 1 rings (SSSR count). The Hall–Kier alpha value is -0.740. The highest BCUT2D eigenvalue weighted by Crippen LogP contribution is 2.37. The second kappa shape index (κ2) is 3.79. The maximum atomic E-state index is 12.4. The number of alkyl halides is 3. The maximum absolute atomic E-state index is 12.4. The van der Waals surface area contributed by atoms with Crippen molar-refractivity contribution in [1.29, 1.82) is 0 Å². The Bertz CT molecular complexity index is 333. The molecular weight excluding hydrogens is 215 g/mol. The fourth-order valence-corrected chi connectivity index (χ4v) is 1.53. The number of benzene rings is 1. The van der Waals surface area contributed by atoms with Gasteiger partial charge in [-0.05, 0) is 18.6 Å². The second-order valence-corrected chi connectivity index (χ2v) is 3.37. The van der Waals surface area contributed by atoms with Crippen LogP contribution in [-0.2, 0) is 6.18 Å². The molecule has 0 aliphatic carbocycles. The molecule has 0 aliphatic rings. The molecule has 0 aliphatic heterocycles. The summed E-state index contributed by atoms with van der Waals surface area (Å²) in [5, 5.41) is -0.310. The van der Waals surface area contributed by atoms with Crippen LogP contribution in [0.2, 0.25) is 5.02 Å². The lowest BCUT2D eigenvalue weighted by atomic mass is 10.1. The van der Waals surface area contributed by atoms with E-state index in [9.17, 15) is 13.2 Å². The molecule has 2 N–H and O–H groups in total. The van der Waals surface area contributed by atoms with Gasteiger partial charge in [0.1, 0.15) is 0 Å². The first-order valence-electron chi connectivity index (χ1n) is 3.95. The summed E-state index contributed by atoms with van der Waals surface area (Å²) < 4.78 is 37.1. The van der Waals surface area contributed by atoms with E-state index in [4.69, 9.17) is 17.3 Å². The Balaban J connectivity index is 3.28. The maximum Gasteiger partial charge on any atom is 0.417 e. The first-order valence-corrected chi connectivity index (χ1v) is 4.33. The van der Waals surface area contributed by atoms with Crippen LogP contribution in [0.1, 0.15) is 24.1 Å². The van der Waals surface area contributed by atoms with Crippen molar-refractivity contribution in [3.05, 3.63) is 34.3 Å². The molecular formula is C9H9ClF3N. The van der Waals surface area contributed by atoms with Crippen molar-refractivity contribution in [2.75, 3.05) is 0 Å². The SMILES string of the molecule is CC(N)c1cccc(C(F)(F)F)c1Cl. The molecule has 0 fully saturated rings. The molecule has 0 heterocycles. The Morgan fingerprint density at radius 3 is 2.36 bits per heavy atom. The van der Waals surface area contributed by atoms with Crippen LogP contribution in [0.5, 0.6) is 0 Å². The summed E-state index contributed by atoms with van der Waals surface area (Å²) in [5.41, 5.74) is 4.94. The van der Waals surface area contributed by atoms with Crippen LogP contribution < -0.4 is 5.73 Å². The van der Waals surface area contributed by atoms with Crippen LogP contribution >= 0.6 is 11.6 Å². The summed E-state index contributed by atoms with van der Waals surface area (Å²) in [5.74, 6) is 0. The van der Waals surface area contributed by atoms with Gasteiger partial charge in [-0.1, -0.05) is 23.7 Å². The number of halogens is 4. The molecule has 0 saturated heterocycles. The van der Waals surface area contributed by atoms with Gasteiger partial charge in [0.05, 0.1) is 10.6 Å². The van der Waals surface area contributed by atoms with Gasteiger partial charge in [-0.2, -0.15) is 13.2 Å². The zero-order valence-corrected chi connectivity index (χ0v) is 8.15. The average molecular weight is 224 g/mol. The number of rotatable bonds is 1. The fourth-order valence-electron chi connectivity index (χ4n) is 1.12. The lowest BCUT2D eigenvalue weighted by Crippen LogP contribution is -2.11. The molecule has 14 heavy (non-hydrogen) atoms. The molecule has 1 nitrogen and oxygen atoms in total. The molecule has 1 aromatic rings. The Morgan fingerprint density at radius 2 is 1.93 bits per heavy atom. The summed E-state index contributed by atoms with van der Waals surface area (Å²) in [6.07, 6.45) is -4.43. The topological polar surface area (TPSA) is 26.0 Å². The number of nitrogens with two attached hydrogens (primary N) is 1. The largest absolute Gasteiger partial charge is 0.417 e. The van der Waals surface area contributed by atoms with Gasteiger partial charge in [0.25, 0.3) is 0 Å². The first kappa shape index (κ1) is 11.3. The van der Waals surface area contributed by atoms with Crippen molar-refractivity contribution in [2.45, 2.75) is 19.1 Å². The van der Waals surface area contributed by atoms with E-state index in [1.165, 1.54) is 12.1 Å². The van der Waals surface area contributed by atoms with Crippen molar-refractivity contribution in [2.24, 2.45) is 5.73 Å². The van der Waals surface area contributed by atoms with Crippen LogP contribution in [-0.4, -0.2) is 0 Å². The van der Waals surface area contributed by atoms with E-state index in [0.717, 1.165) is 6.07 Å². The minimum Gasteiger partial charge on any atom is -0.324 e. The van der Waals surface area contributed by atoms with E-state index < -0.39 is 17.8 Å². The van der Waals surface area contributed by atoms with E-state index in [1.54, 1.807) is 6.92 Å². The van der Waals surface area contributed by atoms with Gasteiger partial charge in [-0.15, -0.1) is 0 Å². The number of hydrogen-bond donors (Lipinski definition) is 1. The van der Waals surface area contributed by atoms with Gasteiger partial charge in [-0.25, -0.2) is 0 Å². The minimum atomic E-state index is -4.43. The van der Waals surface area contributed by atoms with Crippen molar-refractivity contribution < 1.29 is 13.2 Å². The quantitative estimate of drug-likeness (QED) is 0.776. The van der Waals surface area contributed by atoms with Crippen LogP contribution in [0.15, 0.2) is 18.2 Å². The van der Waals surface area contributed by atoms with Gasteiger partial charge in [-0.3, -0.25) is 0 Å². The van der Waals surface area contributed by atoms with Gasteiger partial charge in [0.15, 0.2) is 0 Å². The third kappa shape index (κ3) is 2.19. The fraction of sp³-hybridized carbons (Fsp3) is 0.333. The number of hydrogen-bond acceptors (Lipinski definition) is 1. The van der Waals surface area contributed by atoms with Crippen LogP contribution in [0.3, 0.4) is 0 Å². The van der Waals surface area contributed by atoms with Crippen molar-refractivity contribution >= 4 is 11.6 Å². The van der Waals surface area contributed by atoms with Crippen molar-refractivity contribution in [1.82, 2.24) is 0 Å². The molecule has 0 spiro atoms. The molecule has 1 atom stereocenters. The lowest BCUT2D eigenvalue weighted by Gasteiger charge is -2.14. The summed E-state index contributed by atoms with van der Waals surface area (Å²) in [4.78, 5) is 0. The second-order valence-electron chi connectivity index (χ2n) is 3.00. The summed E-state index contributed by atoms with van der Waals surface area (Å²) >= 11 is 5.59. The van der Waals surface area contributed by atoms with E-state index in [2.05, 4.69) is 0 Å². The molecule has 5 heteroatoms. The molecule has 1 unspecified atom stereocenters. The minimum absolute atomic E-state index is 0.307. The Morgan fingerprint density at radius 1 is 1.36 bits per heavy atom. The Labute approximate surface area is 84.7 Å². The van der Waals surface area contributed by atoms with E-state index in [1.807, 2.05) is 0 Å². The van der Waals surface area contributed by atoms with Crippen molar-refractivity contribution in [3.63, 3.8) is 0 Å². The zero-order valence-electron chi connectivity index (χ0n) is 7.40. The summed E-state index contributed by atoms with van der Waals surface area (Å²) in [6.45, 7) is 1.58. The third-order valence-electron chi connectivity index (χ3n) is 1.82. The standard InChI is InChI=1S/C9H9ClF3N/c1-5(14)6-3-2-4-7(8(6)10)9(11,12)13/h2-5H,14H2,1H3. The van der Waals surface area contributed by atoms with Crippen LogP contribution in [0, 0.1) is 0 Å². The Kier molecular flexibility index (Phi) is 3.07. The predicted molar refractivity (Wildman–Crippen MR) is 49.1 cm³/mol. The first-order chi connectivity index (χ1) is 6.34. The van der Waals surface area contributed by atoms with Gasteiger partial charge in [0.2, 0.25) is 0 Å².